The first-order chi connectivity index (χ1) is 17.7. The van der Waals surface area contributed by atoms with Crippen molar-refractivity contribution in [3.05, 3.63) is 77.3 Å². The molecule has 10 heteroatoms. The Morgan fingerprint density at radius 2 is 1.84 bits per heavy atom. The first-order valence-corrected chi connectivity index (χ1v) is 13.7. The number of halogens is 1. The lowest BCUT2D eigenvalue weighted by Gasteiger charge is -2.26. The number of sulfonamides is 1. The number of para-hydroxylation sites is 2. The van der Waals surface area contributed by atoms with E-state index < -0.39 is 22.5 Å². The maximum atomic E-state index is 13.7. The first kappa shape index (κ1) is 26.5. The molecule has 0 unspecified atom stereocenters. The molecule has 0 aliphatic carbocycles. The molecule has 0 saturated carbocycles. The summed E-state index contributed by atoms with van der Waals surface area (Å²) in [5, 5.41) is 3.18. The smallest absolute Gasteiger partial charge is 0.264 e. The van der Waals surface area contributed by atoms with Gasteiger partial charge in [-0.3, -0.25) is 13.9 Å². The van der Waals surface area contributed by atoms with Crippen molar-refractivity contribution in [2.45, 2.75) is 31.6 Å². The molecule has 194 valence electrons. The largest absolute Gasteiger partial charge is 0.492 e. The van der Waals surface area contributed by atoms with Gasteiger partial charge < -0.3 is 15.0 Å². The van der Waals surface area contributed by atoms with Crippen molar-refractivity contribution < 1.29 is 22.7 Å². The van der Waals surface area contributed by atoms with E-state index in [1.165, 1.54) is 24.3 Å². The fourth-order valence-corrected chi connectivity index (χ4v) is 5.80. The summed E-state index contributed by atoms with van der Waals surface area (Å²) < 4.78 is 34.0. The van der Waals surface area contributed by atoms with E-state index in [2.05, 4.69) is 5.32 Å². The number of ether oxygens (including phenoxy) is 1. The van der Waals surface area contributed by atoms with Crippen LogP contribution in [0.5, 0.6) is 5.75 Å². The van der Waals surface area contributed by atoms with Gasteiger partial charge in [0.25, 0.3) is 10.0 Å². The first-order valence-electron chi connectivity index (χ1n) is 11.9. The summed E-state index contributed by atoms with van der Waals surface area (Å²) in [5.41, 5.74) is 2.38. The number of aryl methyl sites for hydroxylation is 1. The van der Waals surface area contributed by atoms with E-state index in [-0.39, 0.29) is 16.5 Å². The lowest BCUT2D eigenvalue weighted by molar-refractivity contribution is -0.117. The summed E-state index contributed by atoms with van der Waals surface area (Å²) in [4.78, 5) is 27.0. The van der Waals surface area contributed by atoms with E-state index in [0.717, 1.165) is 22.0 Å². The van der Waals surface area contributed by atoms with Crippen molar-refractivity contribution in [1.82, 2.24) is 0 Å². The molecule has 1 heterocycles. The topological polar surface area (TPSA) is 96.0 Å². The Bertz CT molecular complexity index is 1410. The Labute approximate surface area is 221 Å². The Hall–Kier alpha value is -3.56. The zero-order valence-corrected chi connectivity index (χ0v) is 22.2. The van der Waals surface area contributed by atoms with Crippen LogP contribution in [0, 0.1) is 6.92 Å². The summed E-state index contributed by atoms with van der Waals surface area (Å²) in [5.74, 6) is -0.116. The number of carbonyl (C=O) groups is 2. The van der Waals surface area contributed by atoms with Crippen LogP contribution in [0.3, 0.4) is 0 Å². The molecule has 0 atom stereocenters. The second kappa shape index (κ2) is 11.2. The van der Waals surface area contributed by atoms with Gasteiger partial charge in [-0.1, -0.05) is 23.7 Å². The van der Waals surface area contributed by atoms with Crippen LogP contribution in [0.1, 0.15) is 25.3 Å². The predicted octanol–water partition coefficient (Wildman–Crippen LogP) is 5.01. The highest BCUT2D eigenvalue weighted by Gasteiger charge is 2.30. The third-order valence-corrected chi connectivity index (χ3v) is 7.99. The molecular weight excluding hydrogens is 514 g/mol. The van der Waals surface area contributed by atoms with Gasteiger partial charge in [-0.15, -0.1) is 0 Å². The molecule has 3 aromatic carbocycles. The number of carbonyl (C=O) groups excluding carboxylic acids is 2. The number of hydrogen-bond donors (Lipinski definition) is 1. The van der Waals surface area contributed by atoms with Gasteiger partial charge in [0.05, 0.1) is 17.2 Å². The molecule has 1 aliphatic rings. The minimum absolute atomic E-state index is 0.00789. The lowest BCUT2D eigenvalue weighted by Crippen LogP contribution is -2.38. The maximum absolute atomic E-state index is 13.7. The standard InChI is InChI=1S/C27H28ClN3O5S/c1-3-36-25-8-5-4-7-24(25)31(37(34,35)22-13-10-20(28)11-14-22)18-26(32)29-21-12-15-23(19(2)17-21)30-16-6-9-27(30)33/h4-5,7-8,10-15,17H,3,6,9,16,18H2,1-2H3,(H,29,32). The molecular formula is C27H28ClN3O5S. The van der Waals surface area contributed by atoms with Gasteiger partial charge in [0.1, 0.15) is 12.3 Å². The Morgan fingerprint density at radius 1 is 1.11 bits per heavy atom. The SMILES string of the molecule is CCOc1ccccc1N(CC(=O)Nc1ccc(N2CCCC2=O)c(C)c1)S(=O)(=O)c1ccc(Cl)cc1. The van der Waals surface area contributed by atoms with Crippen LogP contribution in [0.15, 0.2) is 71.6 Å². The molecule has 4 rings (SSSR count). The predicted molar refractivity (Wildman–Crippen MR) is 145 cm³/mol. The molecule has 3 aromatic rings. The average Bonchev–Trinajstić information content (AvgIpc) is 3.29. The number of rotatable bonds is 9. The number of hydrogen-bond acceptors (Lipinski definition) is 5. The van der Waals surface area contributed by atoms with E-state index in [9.17, 15) is 18.0 Å². The highest BCUT2D eigenvalue weighted by molar-refractivity contribution is 7.92. The zero-order valence-electron chi connectivity index (χ0n) is 20.6. The van der Waals surface area contributed by atoms with Crippen LogP contribution < -0.4 is 19.3 Å². The summed E-state index contributed by atoms with van der Waals surface area (Å²) in [6, 6.07) is 17.7. The van der Waals surface area contributed by atoms with Gasteiger partial charge in [0.15, 0.2) is 0 Å². The van der Waals surface area contributed by atoms with Gasteiger partial charge >= 0.3 is 0 Å². The second-order valence-corrected chi connectivity index (χ2v) is 10.9. The molecule has 0 aromatic heterocycles. The fourth-order valence-electron chi connectivity index (χ4n) is 4.24. The van der Waals surface area contributed by atoms with E-state index in [1.807, 2.05) is 6.92 Å². The molecule has 1 saturated heterocycles. The van der Waals surface area contributed by atoms with Crippen molar-refractivity contribution in [2.75, 3.05) is 34.2 Å². The van der Waals surface area contributed by atoms with E-state index in [0.29, 0.717) is 36.0 Å². The van der Waals surface area contributed by atoms with Gasteiger partial charge in [0.2, 0.25) is 11.8 Å². The Balaban J connectivity index is 1.62. The van der Waals surface area contributed by atoms with Crippen molar-refractivity contribution in [3.63, 3.8) is 0 Å². The van der Waals surface area contributed by atoms with Crippen LogP contribution in [0.25, 0.3) is 0 Å². The summed E-state index contributed by atoms with van der Waals surface area (Å²) >= 11 is 5.96. The van der Waals surface area contributed by atoms with Crippen molar-refractivity contribution in [2.24, 2.45) is 0 Å². The number of nitrogens with one attached hydrogen (secondary N) is 1. The van der Waals surface area contributed by atoms with Gasteiger partial charge in [0, 0.05) is 29.4 Å². The lowest BCUT2D eigenvalue weighted by atomic mass is 10.1. The molecule has 0 spiro atoms. The molecule has 1 fully saturated rings. The molecule has 8 nitrogen and oxygen atoms in total. The highest BCUT2D eigenvalue weighted by atomic mass is 35.5. The van der Waals surface area contributed by atoms with Crippen molar-refractivity contribution in [1.29, 1.82) is 0 Å². The number of nitrogens with zero attached hydrogens (tertiary/aromatic N) is 2. The monoisotopic (exact) mass is 541 g/mol. The normalized spacial score (nSPS) is 13.5. The third-order valence-electron chi connectivity index (χ3n) is 5.97. The van der Waals surface area contributed by atoms with Crippen LogP contribution >= 0.6 is 11.6 Å². The number of benzene rings is 3. The molecule has 1 N–H and O–H groups in total. The second-order valence-electron chi connectivity index (χ2n) is 8.56. The quantitative estimate of drug-likeness (QED) is 0.411. The summed E-state index contributed by atoms with van der Waals surface area (Å²) in [6.07, 6.45) is 1.34. The van der Waals surface area contributed by atoms with Crippen molar-refractivity contribution >= 4 is 50.5 Å². The molecule has 37 heavy (non-hydrogen) atoms. The average molecular weight is 542 g/mol. The number of amides is 2. The third kappa shape index (κ3) is 5.89. The molecule has 1 aliphatic heterocycles. The van der Waals surface area contributed by atoms with E-state index in [4.69, 9.17) is 16.3 Å². The fraction of sp³-hybridized carbons (Fsp3) is 0.259. The minimum atomic E-state index is -4.14. The van der Waals surface area contributed by atoms with Crippen LogP contribution in [-0.4, -0.2) is 39.9 Å². The van der Waals surface area contributed by atoms with Crippen LogP contribution in [0.4, 0.5) is 17.1 Å². The van der Waals surface area contributed by atoms with Crippen molar-refractivity contribution in [3.8, 4) is 5.75 Å². The van der Waals surface area contributed by atoms with Gasteiger partial charge in [-0.2, -0.15) is 0 Å². The Kier molecular flexibility index (Phi) is 8.04. The highest BCUT2D eigenvalue weighted by Crippen LogP contribution is 2.33. The molecule has 0 bridgehead atoms. The van der Waals surface area contributed by atoms with Crippen LogP contribution in [-0.2, 0) is 19.6 Å². The zero-order chi connectivity index (χ0) is 26.6. The van der Waals surface area contributed by atoms with Crippen LogP contribution in [0.2, 0.25) is 5.02 Å². The summed E-state index contributed by atoms with van der Waals surface area (Å²) in [7, 11) is -4.14. The summed E-state index contributed by atoms with van der Waals surface area (Å²) in [6.45, 7) is 4.17. The maximum Gasteiger partial charge on any atom is 0.264 e. The minimum Gasteiger partial charge on any atom is -0.492 e. The van der Waals surface area contributed by atoms with Gasteiger partial charge in [-0.05, 0) is 80.4 Å². The number of anilines is 3. The van der Waals surface area contributed by atoms with E-state index in [1.54, 1.807) is 54.3 Å². The Morgan fingerprint density at radius 3 is 2.49 bits per heavy atom. The molecule has 2 amide bonds. The van der Waals surface area contributed by atoms with Gasteiger partial charge in [-0.25, -0.2) is 8.42 Å². The van der Waals surface area contributed by atoms with E-state index >= 15 is 0 Å². The molecule has 0 radical (unpaired) electrons.